The lowest BCUT2D eigenvalue weighted by Crippen LogP contribution is -2.31. The molecule has 0 N–H and O–H groups in total. The van der Waals surface area contributed by atoms with Crippen LogP contribution in [0.5, 0.6) is 0 Å². The second-order valence-corrected chi connectivity index (χ2v) is 6.00. The van der Waals surface area contributed by atoms with Crippen LogP contribution < -0.4 is 9.80 Å². The molecule has 3 aromatic rings. The average Bonchev–Trinajstić information content (AvgIpc) is 2.70. The summed E-state index contributed by atoms with van der Waals surface area (Å²) in [7, 11) is 1.96. The minimum atomic E-state index is -0.150. The van der Waals surface area contributed by atoms with E-state index in [1.807, 2.05) is 73.5 Å². The molecule has 5 nitrogen and oxygen atoms in total. The maximum Gasteiger partial charge on any atom is 0.278 e. The van der Waals surface area contributed by atoms with Crippen LogP contribution >= 0.6 is 0 Å². The van der Waals surface area contributed by atoms with Crippen LogP contribution in [0.2, 0.25) is 0 Å². The molecule has 1 heterocycles. The Hall–Kier alpha value is -3.21. The van der Waals surface area contributed by atoms with Gasteiger partial charge in [0.2, 0.25) is 0 Å². The Kier molecular flexibility index (Phi) is 5.59. The molecule has 1 amide bonds. The number of hydrogen-bond donors (Lipinski definition) is 0. The third kappa shape index (κ3) is 4.06. The van der Waals surface area contributed by atoms with Gasteiger partial charge in [0.25, 0.3) is 5.91 Å². The molecule has 0 atom stereocenters. The van der Waals surface area contributed by atoms with Gasteiger partial charge in [0, 0.05) is 25.8 Å². The summed E-state index contributed by atoms with van der Waals surface area (Å²) in [6, 6.07) is 23.3. The molecular formula is C21H22N4O. The van der Waals surface area contributed by atoms with Gasteiger partial charge in [-0.1, -0.05) is 48.5 Å². The van der Waals surface area contributed by atoms with Crippen molar-refractivity contribution in [2.45, 2.75) is 13.5 Å². The van der Waals surface area contributed by atoms with E-state index < -0.39 is 0 Å². The van der Waals surface area contributed by atoms with Crippen LogP contribution in [0.15, 0.2) is 72.8 Å². The van der Waals surface area contributed by atoms with Gasteiger partial charge in [-0.15, -0.1) is 10.2 Å². The van der Waals surface area contributed by atoms with Gasteiger partial charge in [-0.2, -0.15) is 0 Å². The van der Waals surface area contributed by atoms with E-state index in [1.165, 1.54) is 5.56 Å². The lowest BCUT2D eigenvalue weighted by molar-refractivity contribution is 0.0982. The quantitative estimate of drug-likeness (QED) is 0.681. The van der Waals surface area contributed by atoms with Crippen molar-refractivity contribution in [2.24, 2.45) is 0 Å². The number of hydrogen-bond acceptors (Lipinski definition) is 4. The van der Waals surface area contributed by atoms with E-state index in [4.69, 9.17) is 0 Å². The molecule has 0 spiro atoms. The van der Waals surface area contributed by atoms with E-state index in [-0.39, 0.29) is 5.91 Å². The van der Waals surface area contributed by atoms with Gasteiger partial charge >= 0.3 is 0 Å². The van der Waals surface area contributed by atoms with Crippen LogP contribution in [0.3, 0.4) is 0 Å². The highest BCUT2D eigenvalue weighted by atomic mass is 16.2. The monoisotopic (exact) mass is 346 g/mol. The number of aromatic nitrogens is 2. The van der Waals surface area contributed by atoms with E-state index in [0.29, 0.717) is 12.2 Å². The highest BCUT2D eigenvalue weighted by Gasteiger charge is 2.18. The SMILES string of the molecule is CCN(C(=O)c1ccc(N(C)Cc2ccccc2)nn1)c1ccccc1. The van der Waals surface area contributed by atoms with Crippen molar-refractivity contribution in [1.82, 2.24) is 10.2 Å². The van der Waals surface area contributed by atoms with Crippen molar-refractivity contribution in [3.63, 3.8) is 0 Å². The molecule has 3 rings (SSSR count). The Labute approximate surface area is 153 Å². The van der Waals surface area contributed by atoms with Gasteiger partial charge in [0.05, 0.1) is 0 Å². The number of carbonyl (C=O) groups excluding carboxylic acids is 1. The molecule has 0 fully saturated rings. The maximum absolute atomic E-state index is 12.8. The molecule has 0 aliphatic rings. The minimum Gasteiger partial charge on any atom is -0.354 e. The molecule has 0 saturated heterocycles. The predicted molar refractivity (Wildman–Crippen MR) is 104 cm³/mol. The summed E-state index contributed by atoms with van der Waals surface area (Å²) in [5.41, 5.74) is 2.39. The van der Waals surface area contributed by atoms with E-state index >= 15 is 0 Å². The zero-order valence-electron chi connectivity index (χ0n) is 15.0. The standard InChI is InChI=1S/C21H22N4O/c1-3-25(18-12-8-5-9-13-18)21(26)19-14-15-20(23-22-19)24(2)16-17-10-6-4-7-11-17/h4-15H,3,16H2,1-2H3. The Morgan fingerprint density at radius 2 is 1.54 bits per heavy atom. The van der Waals surface area contributed by atoms with Crippen molar-refractivity contribution < 1.29 is 4.79 Å². The lowest BCUT2D eigenvalue weighted by atomic mass is 10.2. The number of para-hydroxylation sites is 1. The Balaban J connectivity index is 1.73. The fraction of sp³-hybridized carbons (Fsp3) is 0.190. The van der Waals surface area contributed by atoms with E-state index in [1.54, 1.807) is 11.0 Å². The van der Waals surface area contributed by atoms with Gasteiger partial charge in [-0.3, -0.25) is 4.79 Å². The fourth-order valence-electron chi connectivity index (χ4n) is 2.77. The predicted octanol–water partition coefficient (Wildman–Crippen LogP) is 3.78. The van der Waals surface area contributed by atoms with E-state index in [9.17, 15) is 4.79 Å². The number of benzene rings is 2. The first kappa shape index (κ1) is 17.6. The number of carbonyl (C=O) groups is 1. The van der Waals surface area contributed by atoms with E-state index in [0.717, 1.165) is 18.1 Å². The Bertz CT molecular complexity index is 835. The van der Waals surface area contributed by atoms with Gasteiger partial charge in [-0.05, 0) is 36.8 Å². The van der Waals surface area contributed by atoms with Crippen LogP contribution in [0.4, 0.5) is 11.5 Å². The van der Waals surface area contributed by atoms with Gasteiger partial charge in [0.15, 0.2) is 11.5 Å². The highest BCUT2D eigenvalue weighted by Crippen LogP contribution is 2.17. The number of rotatable bonds is 6. The fourth-order valence-corrected chi connectivity index (χ4v) is 2.77. The molecule has 0 radical (unpaired) electrons. The third-order valence-electron chi connectivity index (χ3n) is 4.15. The highest BCUT2D eigenvalue weighted by molar-refractivity contribution is 6.04. The molecule has 0 aliphatic heterocycles. The largest absolute Gasteiger partial charge is 0.354 e. The molecule has 0 unspecified atom stereocenters. The second-order valence-electron chi connectivity index (χ2n) is 6.00. The first-order chi connectivity index (χ1) is 12.7. The van der Waals surface area contributed by atoms with Crippen LogP contribution in [-0.4, -0.2) is 29.7 Å². The molecule has 132 valence electrons. The lowest BCUT2D eigenvalue weighted by Gasteiger charge is -2.21. The number of anilines is 2. The first-order valence-electron chi connectivity index (χ1n) is 8.64. The molecule has 26 heavy (non-hydrogen) atoms. The molecule has 0 bridgehead atoms. The number of nitrogens with zero attached hydrogens (tertiary/aromatic N) is 4. The summed E-state index contributed by atoms with van der Waals surface area (Å²) >= 11 is 0. The number of amides is 1. The summed E-state index contributed by atoms with van der Waals surface area (Å²) in [5.74, 6) is 0.580. The van der Waals surface area contributed by atoms with E-state index in [2.05, 4.69) is 22.3 Å². The molecule has 0 aliphatic carbocycles. The summed E-state index contributed by atoms with van der Waals surface area (Å²) in [5, 5.41) is 8.39. The van der Waals surface area contributed by atoms with Crippen molar-refractivity contribution >= 4 is 17.4 Å². The normalized spacial score (nSPS) is 10.4. The second kappa shape index (κ2) is 8.25. The molecule has 2 aromatic carbocycles. The molecule has 0 saturated carbocycles. The van der Waals surface area contributed by atoms with Gasteiger partial charge in [0.1, 0.15) is 0 Å². The van der Waals surface area contributed by atoms with Crippen LogP contribution in [0, 0.1) is 0 Å². The van der Waals surface area contributed by atoms with Crippen LogP contribution in [0.1, 0.15) is 23.0 Å². The minimum absolute atomic E-state index is 0.150. The molecule has 5 heteroatoms. The maximum atomic E-state index is 12.8. The Morgan fingerprint density at radius 3 is 2.12 bits per heavy atom. The zero-order chi connectivity index (χ0) is 18.4. The van der Waals surface area contributed by atoms with Crippen molar-refractivity contribution in [3.8, 4) is 0 Å². The summed E-state index contributed by atoms with van der Waals surface area (Å²) in [6.07, 6.45) is 0. The van der Waals surface area contributed by atoms with Crippen molar-refractivity contribution in [1.29, 1.82) is 0 Å². The topological polar surface area (TPSA) is 49.3 Å². The Morgan fingerprint density at radius 1 is 0.885 bits per heavy atom. The van der Waals surface area contributed by atoms with Crippen molar-refractivity contribution in [3.05, 3.63) is 84.1 Å². The first-order valence-corrected chi connectivity index (χ1v) is 8.64. The average molecular weight is 346 g/mol. The third-order valence-corrected chi connectivity index (χ3v) is 4.15. The smallest absolute Gasteiger partial charge is 0.278 e. The van der Waals surface area contributed by atoms with Crippen LogP contribution in [-0.2, 0) is 6.54 Å². The zero-order valence-corrected chi connectivity index (χ0v) is 15.0. The summed E-state index contributed by atoms with van der Waals surface area (Å²) < 4.78 is 0. The van der Waals surface area contributed by atoms with Crippen LogP contribution in [0.25, 0.3) is 0 Å². The van der Waals surface area contributed by atoms with Gasteiger partial charge in [-0.25, -0.2) is 0 Å². The molecular weight excluding hydrogens is 324 g/mol. The van der Waals surface area contributed by atoms with Gasteiger partial charge < -0.3 is 9.80 Å². The summed E-state index contributed by atoms with van der Waals surface area (Å²) in [6.45, 7) is 3.24. The van der Waals surface area contributed by atoms with Crippen molar-refractivity contribution in [2.75, 3.05) is 23.4 Å². The molecule has 1 aromatic heterocycles. The summed E-state index contributed by atoms with van der Waals surface area (Å²) in [4.78, 5) is 16.5.